The second-order valence-corrected chi connectivity index (χ2v) is 9.91. The largest absolute Gasteiger partial charge is 0.505 e. The van der Waals surface area contributed by atoms with Crippen LogP contribution in [0.5, 0.6) is 11.5 Å². The van der Waals surface area contributed by atoms with Crippen molar-refractivity contribution < 1.29 is 43.2 Å². The van der Waals surface area contributed by atoms with E-state index >= 15 is 0 Å². The van der Waals surface area contributed by atoms with E-state index in [0.717, 1.165) is 25.7 Å². The van der Waals surface area contributed by atoms with Crippen LogP contribution >= 0.6 is 0 Å². The number of anilines is 1. The van der Waals surface area contributed by atoms with Crippen LogP contribution in [0.2, 0.25) is 0 Å². The van der Waals surface area contributed by atoms with Gasteiger partial charge in [-0.15, -0.1) is 0 Å². The first-order valence-corrected chi connectivity index (χ1v) is 12.1. The van der Waals surface area contributed by atoms with E-state index < -0.39 is 47.7 Å². The van der Waals surface area contributed by atoms with E-state index in [1.807, 2.05) is 0 Å². The second kappa shape index (κ2) is 10.2. The third kappa shape index (κ3) is 5.09. The molecule has 1 aromatic carbocycles. The summed E-state index contributed by atoms with van der Waals surface area (Å²) in [4.78, 5) is 36.6. The third-order valence-corrected chi connectivity index (χ3v) is 6.99. The highest BCUT2D eigenvalue weighted by Gasteiger charge is 2.53. The molecule has 1 aliphatic heterocycles. The standard InChI is InChI=1S/C25H32N2O10/c1-11-14(34-23-17(29)19(36-24(26)32)20(33-4)25(2,3)37-23)10-9-13-16(28)15(22(31)35-18(11)13)27-21(30)12-7-5-6-8-12/h9-10,12,17,19-20,23,28-29H,5-8H2,1-4H3,(H2,26,32)(H,27,30)/t17-,19+,20-,23-/m1/s1. The number of aryl methyl sites for hydroxylation is 1. The SMILES string of the molecule is CO[C@@H]1[C@@H](OC(N)=O)[C@@H](O)[C@H](Oc2ccc3c(O)c(NC(=O)C4CCCC4)c(=O)oc3c2C)OC1(C)C. The van der Waals surface area contributed by atoms with E-state index in [0.29, 0.717) is 5.56 Å². The van der Waals surface area contributed by atoms with Gasteiger partial charge in [0.25, 0.3) is 0 Å². The van der Waals surface area contributed by atoms with Gasteiger partial charge in [-0.2, -0.15) is 0 Å². The first kappa shape index (κ1) is 26.7. The first-order valence-electron chi connectivity index (χ1n) is 12.1. The fraction of sp³-hybridized carbons (Fsp3) is 0.560. The lowest BCUT2D eigenvalue weighted by Gasteiger charge is -2.47. The molecule has 37 heavy (non-hydrogen) atoms. The fourth-order valence-corrected chi connectivity index (χ4v) is 5.09. The Balaban J connectivity index is 1.64. The molecule has 12 heteroatoms. The van der Waals surface area contributed by atoms with Crippen molar-refractivity contribution in [1.82, 2.24) is 0 Å². The third-order valence-electron chi connectivity index (χ3n) is 6.99. The molecule has 1 aromatic heterocycles. The van der Waals surface area contributed by atoms with Crippen molar-refractivity contribution in [3.8, 4) is 11.5 Å². The number of primary amides is 1. The van der Waals surface area contributed by atoms with E-state index in [2.05, 4.69) is 5.32 Å². The summed E-state index contributed by atoms with van der Waals surface area (Å²) in [5.41, 5.74) is 3.25. The van der Waals surface area contributed by atoms with Crippen LogP contribution in [0, 0.1) is 12.8 Å². The van der Waals surface area contributed by atoms with Crippen LogP contribution in [-0.4, -0.2) is 59.5 Å². The lowest BCUT2D eigenvalue weighted by molar-refractivity contribution is -0.304. The van der Waals surface area contributed by atoms with Crippen molar-refractivity contribution >= 4 is 28.7 Å². The number of hydrogen-bond donors (Lipinski definition) is 4. The molecule has 1 saturated carbocycles. The molecular weight excluding hydrogens is 488 g/mol. The number of amides is 2. The topological polar surface area (TPSA) is 180 Å². The Morgan fingerprint density at radius 3 is 2.51 bits per heavy atom. The van der Waals surface area contributed by atoms with Gasteiger partial charge in [0.15, 0.2) is 23.6 Å². The summed E-state index contributed by atoms with van der Waals surface area (Å²) < 4.78 is 27.8. The monoisotopic (exact) mass is 520 g/mol. The zero-order valence-corrected chi connectivity index (χ0v) is 21.1. The fourth-order valence-electron chi connectivity index (χ4n) is 5.09. The number of rotatable bonds is 6. The van der Waals surface area contributed by atoms with Gasteiger partial charge in [0.1, 0.15) is 17.4 Å². The number of ether oxygens (including phenoxy) is 4. The molecule has 0 radical (unpaired) electrons. The van der Waals surface area contributed by atoms with Crippen LogP contribution < -0.4 is 21.4 Å². The Labute approximate surface area is 212 Å². The number of fused-ring (bicyclic) bond motifs is 1. The summed E-state index contributed by atoms with van der Waals surface area (Å²) in [6, 6.07) is 2.95. The highest BCUT2D eigenvalue weighted by atomic mass is 16.7. The van der Waals surface area contributed by atoms with Crippen molar-refractivity contribution in [2.45, 2.75) is 76.7 Å². The summed E-state index contributed by atoms with van der Waals surface area (Å²) in [6.45, 7) is 4.94. The molecule has 1 saturated heterocycles. The molecule has 0 bridgehead atoms. The van der Waals surface area contributed by atoms with E-state index in [1.165, 1.54) is 19.2 Å². The lowest BCUT2D eigenvalue weighted by atomic mass is 9.89. The minimum absolute atomic E-state index is 0.0307. The van der Waals surface area contributed by atoms with Crippen LogP contribution in [0.3, 0.4) is 0 Å². The number of aliphatic hydroxyl groups is 1. The number of carbonyl (C=O) groups is 2. The molecule has 1 aliphatic carbocycles. The number of methoxy groups -OCH3 is 1. The Bertz CT molecular complexity index is 1250. The van der Waals surface area contributed by atoms with E-state index in [-0.39, 0.29) is 34.2 Å². The first-order chi connectivity index (χ1) is 17.4. The van der Waals surface area contributed by atoms with Crippen molar-refractivity contribution in [2.24, 2.45) is 11.7 Å². The van der Waals surface area contributed by atoms with Crippen LogP contribution in [0.4, 0.5) is 10.5 Å². The molecule has 2 aliphatic rings. The van der Waals surface area contributed by atoms with Gasteiger partial charge in [0, 0.05) is 18.6 Å². The molecule has 2 heterocycles. The molecular formula is C25H32N2O10. The van der Waals surface area contributed by atoms with E-state index in [1.54, 1.807) is 20.8 Å². The van der Waals surface area contributed by atoms with Gasteiger partial charge in [-0.3, -0.25) is 4.79 Å². The van der Waals surface area contributed by atoms with Crippen molar-refractivity contribution in [3.63, 3.8) is 0 Å². The van der Waals surface area contributed by atoms with Crippen molar-refractivity contribution in [2.75, 3.05) is 12.4 Å². The highest BCUT2D eigenvalue weighted by Crippen LogP contribution is 2.38. The zero-order chi connectivity index (χ0) is 27.1. The maximum Gasteiger partial charge on any atom is 0.404 e. The number of carbonyl (C=O) groups excluding carboxylic acids is 2. The Hall–Kier alpha value is -3.35. The van der Waals surface area contributed by atoms with E-state index in [4.69, 9.17) is 29.1 Å². The molecule has 2 aromatic rings. The second-order valence-electron chi connectivity index (χ2n) is 9.91. The Morgan fingerprint density at radius 1 is 1.22 bits per heavy atom. The molecule has 2 amide bonds. The van der Waals surface area contributed by atoms with Gasteiger partial charge >= 0.3 is 11.7 Å². The minimum Gasteiger partial charge on any atom is -0.505 e. The highest BCUT2D eigenvalue weighted by molar-refractivity contribution is 5.98. The van der Waals surface area contributed by atoms with Gasteiger partial charge in [-0.05, 0) is 45.7 Å². The number of aromatic hydroxyl groups is 1. The predicted octanol–water partition coefficient (Wildman–Crippen LogP) is 2.29. The van der Waals surface area contributed by atoms with Gasteiger partial charge < -0.3 is 44.6 Å². The van der Waals surface area contributed by atoms with Crippen LogP contribution in [-0.2, 0) is 19.0 Å². The molecule has 4 rings (SSSR count). The van der Waals surface area contributed by atoms with Gasteiger partial charge in [-0.1, -0.05) is 12.8 Å². The zero-order valence-electron chi connectivity index (χ0n) is 21.1. The quantitative estimate of drug-likeness (QED) is 0.413. The van der Waals surface area contributed by atoms with Crippen LogP contribution in [0.1, 0.15) is 45.1 Å². The molecule has 5 N–H and O–H groups in total. The summed E-state index contributed by atoms with van der Waals surface area (Å²) in [5.74, 6) is -0.783. The summed E-state index contributed by atoms with van der Waals surface area (Å²) in [5, 5.41) is 24.3. The normalized spacial score (nSPS) is 25.6. The average Bonchev–Trinajstić information content (AvgIpc) is 3.36. The summed E-state index contributed by atoms with van der Waals surface area (Å²) in [6.07, 6.45) is -2.59. The number of nitrogens with two attached hydrogens (primary N) is 1. The number of hydrogen-bond acceptors (Lipinski definition) is 10. The Kier molecular flexibility index (Phi) is 7.36. The van der Waals surface area contributed by atoms with Crippen LogP contribution in [0.25, 0.3) is 11.0 Å². The van der Waals surface area contributed by atoms with Crippen molar-refractivity contribution in [1.29, 1.82) is 0 Å². The summed E-state index contributed by atoms with van der Waals surface area (Å²) >= 11 is 0. The molecule has 12 nitrogen and oxygen atoms in total. The number of nitrogens with one attached hydrogen (secondary N) is 1. The van der Waals surface area contributed by atoms with E-state index in [9.17, 15) is 24.6 Å². The van der Waals surface area contributed by atoms with Gasteiger partial charge in [0.05, 0.1) is 11.0 Å². The minimum atomic E-state index is -1.48. The smallest absolute Gasteiger partial charge is 0.404 e. The Morgan fingerprint density at radius 2 is 1.89 bits per heavy atom. The molecule has 4 atom stereocenters. The molecule has 2 fully saturated rings. The number of aliphatic hydroxyl groups excluding tert-OH is 1. The van der Waals surface area contributed by atoms with Gasteiger partial charge in [0.2, 0.25) is 12.2 Å². The molecule has 0 spiro atoms. The molecule has 202 valence electrons. The van der Waals surface area contributed by atoms with Crippen molar-refractivity contribution in [3.05, 3.63) is 28.1 Å². The lowest BCUT2D eigenvalue weighted by Crippen LogP contribution is -2.65. The molecule has 0 unspecified atom stereocenters. The average molecular weight is 521 g/mol. The number of benzene rings is 1. The predicted molar refractivity (Wildman–Crippen MR) is 130 cm³/mol. The van der Waals surface area contributed by atoms with Gasteiger partial charge in [-0.25, -0.2) is 9.59 Å². The maximum atomic E-state index is 12.7. The summed E-state index contributed by atoms with van der Waals surface area (Å²) in [7, 11) is 1.38. The van der Waals surface area contributed by atoms with Crippen LogP contribution in [0.15, 0.2) is 21.3 Å². The maximum absolute atomic E-state index is 12.7.